The largest absolute Gasteiger partial charge is 0.336 e. The molecule has 1 amide bonds. The lowest BCUT2D eigenvalue weighted by molar-refractivity contribution is 0.0672. The second kappa shape index (κ2) is 5.06. The number of nitrogens with one attached hydrogen (secondary N) is 1. The van der Waals surface area contributed by atoms with E-state index in [1.807, 2.05) is 20.8 Å². The standard InChI is InChI=1S/C14H19FN2O/c1-9-4-5-12(15)6-13(9)14(18)17-7-10(2)16-11(3)8-17/h4-6,10-11,16H,7-8H2,1-3H3/t10-,11+. The van der Waals surface area contributed by atoms with E-state index in [0.29, 0.717) is 18.7 Å². The SMILES string of the molecule is Cc1ccc(F)cc1C(=O)N1C[C@@H](C)N[C@@H](C)C1. The van der Waals surface area contributed by atoms with E-state index in [1.165, 1.54) is 12.1 Å². The van der Waals surface area contributed by atoms with Crippen LogP contribution in [-0.2, 0) is 0 Å². The highest BCUT2D eigenvalue weighted by Crippen LogP contribution is 2.15. The van der Waals surface area contributed by atoms with Crippen LogP contribution in [0, 0.1) is 12.7 Å². The first-order valence-electron chi connectivity index (χ1n) is 6.29. The van der Waals surface area contributed by atoms with Gasteiger partial charge in [-0.15, -0.1) is 0 Å². The Balaban J connectivity index is 2.22. The molecule has 0 unspecified atom stereocenters. The quantitative estimate of drug-likeness (QED) is 0.826. The van der Waals surface area contributed by atoms with Crippen molar-refractivity contribution in [2.45, 2.75) is 32.9 Å². The van der Waals surface area contributed by atoms with Crippen molar-refractivity contribution in [2.75, 3.05) is 13.1 Å². The van der Waals surface area contributed by atoms with E-state index in [4.69, 9.17) is 0 Å². The highest BCUT2D eigenvalue weighted by molar-refractivity contribution is 5.95. The summed E-state index contributed by atoms with van der Waals surface area (Å²) in [5.41, 5.74) is 1.29. The fourth-order valence-corrected chi connectivity index (χ4v) is 2.49. The Hall–Kier alpha value is -1.42. The Labute approximate surface area is 107 Å². The topological polar surface area (TPSA) is 32.3 Å². The molecule has 2 rings (SSSR count). The molecule has 1 heterocycles. The molecule has 3 nitrogen and oxygen atoms in total. The van der Waals surface area contributed by atoms with Crippen LogP contribution in [0.2, 0.25) is 0 Å². The third kappa shape index (κ3) is 2.70. The van der Waals surface area contributed by atoms with Crippen molar-refractivity contribution < 1.29 is 9.18 Å². The molecular formula is C14H19FN2O. The molecule has 1 saturated heterocycles. The van der Waals surface area contributed by atoms with Gasteiger partial charge in [0, 0.05) is 30.7 Å². The summed E-state index contributed by atoms with van der Waals surface area (Å²) in [7, 11) is 0. The third-order valence-electron chi connectivity index (χ3n) is 3.27. The van der Waals surface area contributed by atoms with Gasteiger partial charge in [0.25, 0.3) is 5.91 Å². The first-order chi connectivity index (χ1) is 8.47. The third-order valence-corrected chi connectivity index (χ3v) is 3.27. The van der Waals surface area contributed by atoms with Gasteiger partial charge in [0.15, 0.2) is 0 Å². The highest BCUT2D eigenvalue weighted by Gasteiger charge is 2.26. The predicted molar refractivity (Wildman–Crippen MR) is 69.1 cm³/mol. The van der Waals surface area contributed by atoms with Crippen LogP contribution in [0.5, 0.6) is 0 Å². The van der Waals surface area contributed by atoms with Crippen LogP contribution < -0.4 is 5.32 Å². The molecule has 98 valence electrons. The van der Waals surface area contributed by atoms with Gasteiger partial charge < -0.3 is 10.2 Å². The molecule has 0 saturated carbocycles. The monoisotopic (exact) mass is 250 g/mol. The highest BCUT2D eigenvalue weighted by atomic mass is 19.1. The van der Waals surface area contributed by atoms with Gasteiger partial charge in [-0.1, -0.05) is 6.07 Å². The molecule has 1 aromatic carbocycles. The minimum Gasteiger partial charge on any atom is -0.336 e. The van der Waals surface area contributed by atoms with Gasteiger partial charge in [-0.2, -0.15) is 0 Å². The number of hydrogen-bond donors (Lipinski definition) is 1. The molecule has 18 heavy (non-hydrogen) atoms. The van der Waals surface area contributed by atoms with Crippen molar-refractivity contribution >= 4 is 5.91 Å². The summed E-state index contributed by atoms with van der Waals surface area (Å²) in [5, 5.41) is 3.37. The Morgan fingerprint density at radius 2 is 1.94 bits per heavy atom. The number of nitrogens with zero attached hydrogens (tertiary/aromatic N) is 1. The van der Waals surface area contributed by atoms with Crippen LogP contribution in [0.3, 0.4) is 0 Å². The lowest BCUT2D eigenvalue weighted by Gasteiger charge is -2.36. The molecule has 0 aromatic heterocycles. The zero-order valence-electron chi connectivity index (χ0n) is 11.0. The smallest absolute Gasteiger partial charge is 0.254 e. The first kappa shape index (κ1) is 13.0. The van der Waals surface area contributed by atoms with Gasteiger partial charge >= 0.3 is 0 Å². The molecule has 1 N–H and O–H groups in total. The zero-order valence-corrected chi connectivity index (χ0v) is 11.0. The molecular weight excluding hydrogens is 231 g/mol. The molecule has 1 aliphatic rings. The molecule has 1 fully saturated rings. The van der Waals surface area contributed by atoms with Gasteiger partial charge in [0.05, 0.1) is 0 Å². The van der Waals surface area contributed by atoms with E-state index in [2.05, 4.69) is 5.32 Å². The van der Waals surface area contributed by atoms with Crippen LogP contribution in [0.1, 0.15) is 29.8 Å². The number of amides is 1. The molecule has 0 radical (unpaired) electrons. The second-order valence-corrected chi connectivity index (χ2v) is 5.14. The molecule has 0 bridgehead atoms. The van der Waals surface area contributed by atoms with Crippen molar-refractivity contribution in [3.05, 3.63) is 35.1 Å². The summed E-state index contributed by atoms with van der Waals surface area (Å²) < 4.78 is 13.2. The molecule has 0 aliphatic carbocycles. The first-order valence-corrected chi connectivity index (χ1v) is 6.29. The van der Waals surface area contributed by atoms with E-state index in [9.17, 15) is 9.18 Å². The van der Waals surface area contributed by atoms with Crippen LogP contribution in [0.25, 0.3) is 0 Å². The van der Waals surface area contributed by atoms with Gasteiger partial charge in [0.2, 0.25) is 0 Å². The minimum absolute atomic E-state index is 0.0767. The van der Waals surface area contributed by atoms with Gasteiger partial charge in [-0.3, -0.25) is 4.79 Å². The van der Waals surface area contributed by atoms with Crippen molar-refractivity contribution in [1.29, 1.82) is 0 Å². The molecule has 1 aromatic rings. The lowest BCUT2D eigenvalue weighted by Crippen LogP contribution is -2.55. The number of piperazine rings is 1. The van der Waals surface area contributed by atoms with Crippen molar-refractivity contribution in [3.63, 3.8) is 0 Å². The maximum absolute atomic E-state index is 13.2. The molecule has 4 heteroatoms. The number of rotatable bonds is 1. The van der Waals surface area contributed by atoms with Crippen LogP contribution in [0.4, 0.5) is 4.39 Å². The number of carbonyl (C=O) groups is 1. The summed E-state index contributed by atoms with van der Waals surface area (Å²) in [5.74, 6) is -0.438. The summed E-state index contributed by atoms with van der Waals surface area (Å²) in [6.45, 7) is 7.27. The van der Waals surface area contributed by atoms with Gasteiger partial charge in [0.1, 0.15) is 5.82 Å². The van der Waals surface area contributed by atoms with Crippen molar-refractivity contribution in [3.8, 4) is 0 Å². The fourth-order valence-electron chi connectivity index (χ4n) is 2.49. The Morgan fingerprint density at radius 1 is 1.33 bits per heavy atom. The van der Waals surface area contributed by atoms with E-state index in [-0.39, 0.29) is 23.8 Å². The number of benzene rings is 1. The summed E-state index contributed by atoms with van der Waals surface area (Å²) >= 11 is 0. The Bertz CT molecular complexity index is 451. The van der Waals surface area contributed by atoms with Crippen molar-refractivity contribution in [2.24, 2.45) is 0 Å². The number of carbonyl (C=O) groups excluding carboxylic acids is 1. The average Bonchev–Trinajstić information content (AvgIpc) is 2.30. The number of halogens is 1. The Kier molecular flexibility index (Phi) is 3.66. The molecule has 0 spiro atoms. The lowest BCUT2D eigenvalue weighted by atomic mass is 10.1. The summed E-state index contributed by atoms with van der Waals surface area (Å²) in [6.07, 6.45) is 0. The fraction of sp³-hybridized carbons (Fsp3) is 0.500. The van der Waals surface area contributed by atoms with E-state index < -0.39 is 0 Å². The average molecular weight is 250 g/mol. The Morgan fingerprint density at radius 3 is 2.56 bits per heavy atom. The second-order valence-electron chi connectivity index (χ2n) is 5.14. The summed E-state index contributed by atoms with van der Waals surface area (Å²) in [4.78, 5) is 14.2. The van der Waals surface area contributed by atoms with Crippen molar-refractivity contribution in [1.82, 2.24) is 10.2 Å². The number of aryl methyl sites for hydroxylation is 1. The maximum atomic E-state index is 13.2. The van der Waals surface area contributed by atoms with E-state index in [0.717, 1.165) is 5.56 Å². The van der Waals surface area contributed by atoms with Gasteiger partial charge in [-0.05, 0) is 38.5 Å². The molecule has 1 aliphatic heterocycles. The van der Waals surface area contributed by atoms with Crippen LogP contribution in [-0.4, -0.2) is 36.0 Å². The van der Waals surface area contributed by atoms with Gasteiger partial charge in [-0.25, -0.2) is 4.39 Å². The normalized spacial score (nSPS) is 24.1. The maximum Gasteiger partial charge on any atom is 0.254 e. The van der Waals surface area contributed by atoms with E-state index in [1.54, 1.807) is 11.0 Å². The summed E-state index contributed by atoms with van der Waals surface area (Å²) in [6, 6.07) is 4.90. The number of hydrogen-bond acceptors (Lipinski definition) is 2. The van der Waals surface area contributed by atoms with Crippen LogP contribution >= 0.6 is 0 Å². The molecule has 2 atom stereocenters. The predicted octanol–water partition coefficient (Wildman–Crippen LogP) is 1.96. The van der Waals surface area contributed by atoms with E-state index >= 15 is 0 Å². The van der Waals surface area contributed by atoms with Crippen LogP contribution in [0.15, 0.2) is 18.2 Å². The zero-order chi connectivity index (χ0) is 13.3. The minimum atomic E-state index is -0.361.